The number of likely N-dealkylation sites (tertiary alicyclic amines) is 1. The van der Waals surface area contributed by atoms with Crippen LogP contribution in [0.2, 0.25) is 0 Å². The molecule has 1 saturated heterocycles. The number of hydrogen-bond acceptors (Lipinski definition) is 3. The molecule has 0 saturated carbocycles. The standard InChI is InChI=1S/C22H21N3O3/c1-24-12-17(9-10-20(24)26)22(28)23-18-11-21(27)25(14-18)13-16-7-4-6-15-5-2-3-8-19(15)16/h2-10,12,18H,11,13-14H2,1H3,(H,23,28)/t18-/m0/s1. The lowest BCUT2D eigenvalue weighted by molar-refractivity contribution is -0.128. The first-order chi connectivity index (χ1) is 13.5. The molecule has 2 heterocycles. The molecular formula is C22H21N3O3. The van der Waals surface area contributed by atoms with Crippen LogP contribution in [0, 0.1) is 0 Å². The third kappa shape index (κ3) is 3.53. The van der Waals surface area contributed by atoms with Gasteiger partial charge in [-0.1, -0.05) is 42.5 Å². The number of nitrogens with one attached hydrogen (secondary N) is 1. The number of pyridine rings is 1. The molecule has 0 spiro atoms. The summed E-state index contributed by atoms with van der Waals surface area (Å²) in [6.07, 6.45) is 1.78. The van der Waals surface area contributed by atoms with Crippen LogP contribution in [0.3, 0.4) is 0 Å². The minimum absolute atomic E-state index is 0.0266. The average Bonchev–Trinajstić information content (AvgIpc) is 3.03. The molecule has 142 valence electrons. The number of amides is 2. The maximum atomic E-state index is 12.5. The van der Waals surface area contributed by atoms with Crippen LogP contribution in [0.5, 0.6) is 0 Å². The van der Waals surface area contributed by atoms with E-state index in [0.29, 0.717) is 18.7 Å². The quantitative estimate of drug-likeness (QED) is 0.759. The number of aromatic nitrogens is 1. The number of carbonyl (C=O) groups is 2. The Morgan fingerprint density at radius 3 is 2.68 bits per heavy atom. The molecule has 4 rings (SSSR count). The minimum atomic E-state index is -0.277. The summed E-state index contributed by atoms with van der Waals surface area (Å²) in [5.41, 5.74) is 1.33. The van der Waals surface area contributed by atoms with E-state index < -0.39 is 0 Å². The van der Waals surface area contributed by atoms with Crippen LogP contribution in [0.1, 0.15) is 22.3 Å². The van der Waals surface area contributed by atoms with Crippen molar-refractivity contribution in [1.29, 1.82) is 0 Å². The van der Waals surface area contributed by atoms with Gasteiger partial charge >= 0.3 is 0 Å². The van der Waals surface area contributed by atoms with Gasteiger partial charge in [-0.3, -0.25) is 14.4 Å². The molecule has 6 nitrogen and oxygen atoms in total. The largest absolute Gasteiger partial charge is 0.347 e. The molecule has 1 N–H and O–H groups in total. The molecule has 1 atom stereocenters. The lowest BCUT2D eigenvalue weighted by atomic mass is 10.0. The van der Waals surface area contributed by atoms with Crippen LogP contribution in [0.25, 0.3) is 10.8 Å². The first kappa shape index (κ1) is 18.0. The van der Waals surface area contributed by atoms with Gasteiger partial charge in [0.25, 0.3) is 5.91 Å². The fraction of sp³-hybridized carbons (Fsp3) is 0.227. The van der Waals surface area contributed by atoms with Crippen molar-refractivity contribution in [3.05, 3.63) is 82.3 Å². The molecule has 1 fully saturated rings. The minimum Gasteiger partial charge on any atom is -0.347 e. The molecule has 2 aromatic carbocycles. The summed E-state index contributed by atoms with van der Waals surface area (Å²) in [5.74, 6) is -0.251. The van der Waals surface area contributed by atoms with E-state index in [0.717, 1.165) is 16.3 Å². The van der Waals surface area contributed by atoms with Crippen molar-refractivity contribution >= 4 is 22.6 Å². The lowest BCUT2D eigenvalue weighted by Crippen LogP contribution is -2.37. The summed E-state index contributed by atoms with van der Waals surface area (Å²) in [7, 11) is 1.60. The lowest BCUT2D eigenvalue weighted by Gasteiger charge is -2.18. The number of fused-ring (bicyclic) bond motifs is 1. The molecule has 28 heavy (non-hydrogen) atoms. The Morgan fingerprint density at radius 1 is 1.07 bits per heavy atom. The highest BCUT2D eigenvalue weighted by atomic mass is 16.2. The van der Waals surface area contributed by atoms with Gasteiger partial charge < -0.3 is 14.8 Å². The molecular weight excluding hydrogens is 354 g/mol. The zero-order chi connectivity index (χ0) is 19.7. The zero-order valence-corrected chi connectivity index (χ0v) is 15.6. The van der Waals surface area contributed by atoms with Crippen molar-refractivity contribution in [3.8, 4) is 0 Å². The molecule has 0 aliphatic carbocycles. The Labute approximate surface area is 162 Å². The van der Waals surface area contributed by atoms with E-state index in [4.69, 9.17) is 0 Å². The van der Waals surface area contributed by atoms with Crippen LogP contribution in [-0.2, 0) is 18.4 Å². The van der Waals surface area contributed by atoms with E-state index in [2.05, 4.69) is 23.5 Å². The van der Waals surface area contributed by atoms with E-state index in [-0.39, 0.29) is 29.8 Å². The summed E-state index contributed by atoms with van der Waals surface area (Å²) >= 11 is 0. The van der Waals surface area contributed by atoms with Crippen LogP contribution >= 0.6 is 0 Å². The first-order valence-electron chi connectivity index (χ1n) is 9.23. The second kappa shape index (κ2) is 7.31. The summed E-state index contributed by atoms with van der Waals surface area (Å²) in [4.78, 5) is 38.2. The van der Waals surface area contributed by atoms with Gasteiger partial charge in [-0.2, -0.15) is 0 Å². The molecule has 1 aromatic heterocycles. The smallest absolute Gasteiger partial charge is 0.253 e. The van der Waals surface area contributed by atoms with Gasteiger partial charge in [0.1, 0.15) is 0 Å². The van der Waals surface area contributed by atoms with E-state index >= 15 is 0 Å². The van der Waals surface area contributed by atoms with Crippen molar-refractivity contribution in [3.63, 3.8) is 0 Å². The molecule has 0 unspecified atom stereocenters. The highest BCUT2D eigenvalue weighted by Gasteiger charge is 2.31. The van der Waals surface area contributed by atoms with Gasteiger partial charge in [0.15, 0.2) is 0 Å². The van der Waals surface area contributed by atoms with Gasteiger partial charge in [0.05, 0.1) is 11.6 Å². The van der Waals surface area contributed by atoms with Crippen LogP contribution < -0.4 is 10.9 Å². The predicted molar refractivity (Wildman–Crippen MR) is 107 cm³/mol. The van der Waals surface area contributed by atoms with Crippen LogP contribution in [-0.4, -0.2) is 33.9 Å². The Morgan fingerprint density at radius 2 is 1.86 bits per heavy atom. The van der Waals surface area contributed by atoms with Crippen molar-refractivity contribution in [2.75, 3.05) is 6.54 Å². The van der Waals surface area contributed by atoms with Crippen molar-refractivity contribution < 1.29 is 9.59 Å². The molecule has 3 aromatic rings. The van der Waals surface area contributed by atoms with E-state index in [1.807, 2.05) is 24.3 Å². The van der Waals surface area contributed by atoms with E-state index in [1.54, 1.807) is 11.9 Å². The van der Waals surface area contributed by atoms with Crippen molar-refractivity contribution in [2.24, 2.45) is 7.05 Å². The van der Waals surface area contributed by atoms with Gasteiger partial charge in [-0.25, -0.2) is 0 Å². The SMILES string of the molecule is Cn1cc(C(=O)N[C@H]2CC(=O)N(Cc3cccc4ccccc34)C2)ccc1=O. The average molecular weight is 375 g/mol. The molecule has 1 aliphatic heterocycles. The van der Waals surface area contributed by atoms with Gasteiger partial charge in [-0.15, -0.1) is 0 Å². The second-order valence-electron chi connectivity index (χ2n) is 7.15. The highest BCUT2D eigenvalue weighted by molar-refractivity contribution is 5.94. The fourth-order valence-corrected chi connectivity index (χ4v) is 3.65. The van der Waals surface area contributed by atoms with Gasteiger partial charge in [-0.05, 0) is 22.4 Å². The van der Waals surface area contributed by atoms with Gasteiger partial charge in [0, 0.05) is 38.8 Å². The summed E-state index contributed by atoms with van der Waals surface area (Å²) in [6, 6.07) is 16.8. The van der Waals surface area contributed by atoms with Crippen molar-refractivity contribution in [2.45, 2.75) is 19.0 Å². The van der Waals surface area contributed by atoms with Crippen molar-refractivity contribution in [1.82, 2.24) is 14.8 Å². The summed E-state index contributed by atoms with van der Waals surface area (Å²) < 4.78 is 1.36. The Hall–Kier alpha value is -3.41. The number of benzene rings is 2. The zero-order valence-electron chi connectivity index (χ0n) is 15.6. The molecule has 2 amide bonds. The number of carbonyl (C=O) groups excluding carboxylic acids is 2. The monoisotopic (exact) mass is 375 g/mol. The van der Waals surface area contributed by atoms with Gasteiger partial charge in [0.2, 0.25) is 11.5 Å². The number of rotatable bonds is 4. The number of aryl methyl sites for hydroxylation is 1. The maximum Gasteiger partial charge on any atom is 0.253 e. The van der Waals surface area contributed by atoms with Crippen LogP contribution in [0.4, 0.5) is 0 Å². The molecule has 0 radical (unpaired) electrons. The Balaban J connectivity index is 1.46. The molecule has 0 bridgehead atoms. The first-order valence-corrected chi connectivity index (χ1v) is 9.23. The Bertz CT molecular complexity index is 1110. The number of nitrogens with zero attached hydrogens (tertiary/aromatic N) is 2. The Kier molecular flexibility index (Phi) is 4.69. The maximum absolute atomic E-state index is 12.5. The predicted octanol–water partition coefficient (Wildman–Crippen LogP) is 2.07. The molecule has 1 aliphatic rings. The van der Waals surface area contributed by atoms with E-state index in [1.165, 1.54) is 22.9 Å². The number of hydrogen-bond donors (Lipinski definition) is 1. The highest BCUT2D eigenvalue weighted by Crippen LogP contribution is 2.22. The third-order valence-corrected chi connectivity index (χ3v) is 5.14. The van der Waals surface area contributed by atoms with Crippen LogP contribution in [0.15, 0.2) is 65.6 Å². The molecule has 6 heteroatoms. The second-order valence-corrected chi connectivity index (χ2v) is 7.15. The normalized spacial score (nSPS) is 16.5. The summed E-state index contributed by atoms with van der Waals surface area (Å²) in [6.45, 7) is 0.992. The fourth-order valence-electron chi connectivity index (χ4n) is 3.65. The topological polar surface area (TPSA) is 71.4 Å². The third-order valence-electron chi connectivity index (χ3n) is 5.14. The van der Waals surface area contributed by atoms with E-state index in [9.17, 15) is 14.4 Å². The summed E-state index contributed by atoms with van der Waals surface area (Å²) in [5, 5.41) is 5.19.